The molecule has 2 heterocycles. The molecule has 0 amide bonds. The Labute approximate surface area is 249 Å². The summed E-state index contributed by atoms with van der Waals surface area (Å²) in [5.74, 6) is 1.44. The van der Waals surface area contributed by atoms with E-state index in [4.69, 9.17) is 22.6 Å². The molecule has 4 rings (SSSR count). The zero-order valence-corrected chi connectivity index (χ0v) is 28.7. The molecular formula is C33H48O6P2. The molecule has 1 atom stereocenters. The van der Waals surface area contributed by atoms with Gasteiger partial charge in [0.05, 0.1) is 19.8 Å². The number of carbonyl (C=O) groups is 1. The molecule has 2 aliphatic heterocycles. The zero-order valence-electron chi connectivity index (χ0n) is 26.9. The van der Waals surface area contributed by atoms with Crippen molar-refractivity contribution < 1.29 is 27.4 Å². The van der Waals surface area contributed by atoms with Crippen molar-refractivity contribution in [2.75, 3.05) is 19.8 Å². The minimum absolute atomic E-state index is 0.00702. The first-order valence-corrected chi connectivity index (χ1v) is 16.7. The number of carbonyl (C=O) groups excluding carboxylic acids is 1. The first-order chi connectivity index (χ1) is 18.7. The summed E-state index contributed by atoms with van der Waals surface area (Å²) in [5.41, 5.74) is 3.41. The molecule has 1 spiro atoms. The summed E-state index contributed by atoms with van der Waals surface area (Å²) in [6.45, 7) is 26.7. The molecule has 6 nitrogen and oxygen atoms in total. The lowest BCUT2D eigenvalue weighted by molar-refractivity contribution is -0.125. The number of hydrogen-bond donors (Lipinski definition) is 0. The molecule has 0 bridgehead atoms. The highest BCUT2D eigenvalue weighted by Gasteiger charge is 2.55. The average molecular weight is 603 g/mol. The van der Waals surface area contributed by atoms with Crippen LogP contribution in [0.5, 0.6) is 11.5 Å². The van der Waals surface area contributed by atoms with Crippen LogP contribution in [0, 0.1) is 5.41 Å². The van der Waals surface area contributed by atoms with E-state index in [2.05, 4.69) is 107 Å². The molecule has 41 heavy (non-hydrogen) atoms. The van der Waals surface area contributed by atoms with Gasteiger partial charge in [-0.1, -0.05) is 107 Å². The third-order valence-electron chi connectivity index (χ3n) is 7.63. The summed E-state index contributed by atoms with van der Waals surface area (Å²) in [7, 11) is -3.43. The maximum Gasteiger partial charge on any atom is 0.397 e. The normalized spacial score (nSPS) is 24.1. The van der Waals surface area contributed by atoms with Gasteiger partial charge in [-0.2, -0.15) is 0 Å². The number of hydrogen-bond acceptors (Lipinski definition) is 6. The van der Waals surface area contributed by atoms with Gasteiger partial charge < -0.3 is 22.6 Å². The van der Waals surface area contributed by atoms with Crippen molar-refractivity contribution in [2.24, 2.45) is 5.41 Å². The first-order valence-electron chi connectivity index (χ1n) is 14.4. The van der Waals surface area contributed by atoms with Crippen LogP contribution in [0.25, 0.3) is 0 Å². The Morgan fingerprint density at radius 1 is 0.610 bits per heavy atom. The molecule has 8 heteroatoms. The Balaban J connectivity index is 1.46. The van der Waals surface area contributed by atoms with E-state index in [0.29, 0.717) is 5.75 Å². The standard InChI is InChI=1S/C33H48O6P2/c1-29(2,3)22-13-15-26(24(17-22)31(7,8)9)38-40-28(34)33(19-35-40)20-36-41(37-21-33)39-27-16-14-23(30(4,5)6)18-25(27)32(10,11)12/h13-18H,19-21H2,1-12H3. The van der Waals surface area contributed by atoms with Crippen LogP contribution in [0.4, 0.5) is 0 Å². The molecule has 0 N–H and O–H groups in total. The van der Waals surface area contributed by atoms with Crippen molar-refractivity contribution in [1.82, 2.24) is 0 Å². The molecule has 0 aliphatic carbocycles. The van der Waals surface area contributed by atoms with Crippen LogP contribution in [0.3, 0.4) is 0 Å². The van der Waals surface area contributed by atoms with Gasteiger partial charge in [0.2, 0.25) is 5.52 Å². The van der Waals surface area contributed by atoms with E-state index in [0.717, 1.165) is 16.9 Å². The summed E-state index contributed by atoms with van der Waals surface area (Å²) < 4.78 is 30.7. The Bertz CT molecular complexity index is 1270. The predicted octanol–water partition coefficient (Wildman–Crippen LogP) is 9.46. The molecule has 1 unspecified atom stereocenters. The summed E-state index contributed by atoms with van der Waals surface area (Å²) in [5, 5.41) is 0. The van der Waals surface area contributed by atoms with Crippen LogP contribution in [0.2, 0.25) is 0 Å². The second-order valence-corrected chi connectivity index (χ2v) is 18.0. The molecule has 2 saturated heterocycles. The maximum absolute atomic E-state index is 13.6. The third-order valence-corrected chi connectivity index (χ3v) is 10.2. The van der Waals surface area contributed by atoms with Crippen molar-refractivity contribution in [1.29, 1.82) is 0 Å². The Morgan fingerprint density at radius 3 is 1.44 bits per heavy atom. The van der Waals surface area contributed by atoms with Gasteiger partial charge in [0, 0.05) is 11.1 Å². The van der Waals surface area contributed by atoms with Crippen LogP contribution >= 0.6 is 17.0 Å². The molecule has 2 aromatic carbocycles. The monoisotopic (exact) mass is 602 g/mol. The highest BCUT2D eigenvalue weighted by molar-refractivity contribution is 7.67. The van der Waals surface area contributed by atoms with E-state index >= 15 is 0 Å². The van der Waals surface area contributed by atoms with Crippen LogP contribution < -0.4 is 9.05 Å². The Hall–Kier alpha value is -1.55. The Morgan fingerprint density at radius 2 is 1.02 bits per heavy atom. The minimum atomic E-state index is -1.79. The fourth-order valence-corrected chi connectivity index (χ4v) is 7.49. The predicted molar refractivity (Wildman–Crippen MR) is 168 cm³/mol. The molecule has 0 saturated carbocycles. The van der Waals surface area contributed by atoms with E-state index in [-0.39, 0.29) is 47.0 Å². The van der Waals surface area contributed by atoms with Gasteiger partial charge in [-0.15, -0.1) is 0 Å². The van der Waals surface area contributed by atoms with Gasteiger partial charge in [-0.05, 0) is 44.9 Å². The number of benzene rings is 2. The van der Waals surface area contributed by atoms with Gasteiger partial charge in [0.25, 0.3) is 0 Å². The quantitative estimate of drug-likeness (QED) is 0.325. The highest BCUT2D eigenvalue weighted by atomic mass is 31.2. The van der Waals surface area contributed by atoms with E-state index in [1.807, 2.05) is 12.1 Å². The second kappa shape index (κ2) is 11.2. The lowest BCUT2D eigenvalue weighted by Crippen LogP contribution is -2.41. The topological polar surface area (TPSA) is 63.2 Å². The second-order valence-electron chi connectivity index (χ2n) is 15.5. The molecule has 0 radical (unpaired) electrons. The first kappa shape index (κ1) is 32.4. The molecular weight excluding hydrogens is 554 g/mol. The van der Waals surface area contributed by atoms with E-state index < -0.39 is 22.4 Å². The fourth-order valence-electron chi connectivity index (χ4n) is 4.75. The highest BCUT2D eigenvalue weighted by Crippen LogP contribution is 2.59. The molecule has 2 aromatic rings. The smallest absolute Gasteiger partial charge is 0.397 e. The van der Waals surface area contributed by atoms with Gasteiger partial charge in [0.1, 0.15) is 16.9 Å². The van der Waals surface area contributed by atoms with Crippen molar-refractivity contribution in [3.63, 3.8) is 0 Å². The summed E-state index contributed by atoms with van der Waals surface area (Å²) in [6, 6.07) is 12.6. The average Bonchev–Trinajstić information content (AvgIpc) is 3.13. The van der Waals surface area contributed by atoms with Crippen LogP contribution in [0.15, 0.2) is 36.4 Å². The van der Waals surface area contributed by atoms with Gasteiger partial charge in [-0.25, -0.2) is 0 Å². The van der Waals surface area contributed by atoms with Gasteiger partial charge >= 0.3 is 17.0 Å². The van der Waals surface area contributed by atoms with E-state index in [1.54, 1.807) is 0 Å². The van der Waals surface area contributed by atoms with Crippen LogP contribution in [-0.2, 0) is 40.0 Å². The minimum Gasteiger partial charge on any atom is -0.442 e. The SMILES string of the molecule is CC(C)(C)c1ccc(OP2OCC3(CO2)COP(Oc2ccc(C(C)(C)C)cc2C(C)(C)C)C3=O)c(C(C)(C)C)c1. The third kappa shape index (κ3) is 7.16. The lowest BCUT2D eigenvalue weighted by atomic mass is 9.80. The van der Waals surface area contributed by atoms with Crippen LogP contribution in [-0.4, -0.2) is 25.3 Å². The van der Waals surface area contributed by atoms with E-state index in [1.165, 1.54) is 11.1 Å². The molecule has 2 aliphatic rings. The summed E-state index contributed by atoms with van der Waals surface area (Å²) >= 11 is 0. The lowest BCUT2D eigenvalue weighted by Gasteiger charge is -2.34. The number of rotatable bonds is 4. The molecule has 0 aromatic heterocycles. The van der Waals surface area contributed by atoms with E-state index in [9.17, 15) is 4.79 Å². The maximum atomic E-state index is 13.6. The van der Waals surface area contributed by atoms with Gasteiger partial charge in [-0.3, -0.25) is 4.79 Å². The van der Waals surface area contributed by atoms with Crippen molar-refractivity contribution in [2.45, 2.75) is 105 Å². The van der Waals surface area contributed by atoms with Crippen molar-refractivity contribution in [3.05, 3.63) is 58.7 Å². The summed E-state index contributed by atoms with van der Waals surface area (Å²) in [4.78, 5) is 13.6. The summed E-state index contributed by atoms with van der Waals surface area (Å²) in [6.07, 6.45) is 0. The van der Waals surface area contributed by atoms with Crippen LogP contribution in [0.1, 0.15) is 105 Å². The van der Waals surface area contributed by atoms with Crippen molar-refractivity contribution in [3.8, 4) is 11.5 Å². The Kier molecular flexibility index (Phi) is 8.83. The molecule has 226 valence electrons. The largest absolute Gasteiger partial charge is 0.442 e. The fraction of sp³-hybridized carbons (Fsp3) is 0.606. The zero-order chi connectivity index (χ0) is 30.6. The molecule has 2 fully saturated rings. The van der Waals surface area contributed by atoms with Gasteiger partial charge in [0.15, 0.2) is 0 Å². The van der Waals surface area contributed by atoms with Crippen molar-refractivity contribution >= 4 is 22.5 Å².